The van der Waals surface area contributed by atoms with Gasteiger partial charge in [0.05, 0.1) is 0 Å². The van der Waals surface area contributed by atoms with E-state index in [0.29, 0.717) is 0 Å². The van der Waals surface area contributed by atoms with Gasteiger partial charge < -0.3 is 21.9 Å². The molecule has 0 aliphatic heterocycles. The summed E-state index contributed by atoms with van der Waals surface area (Å²) in [5.41, 5.74) is 0. The van der Waals surface area contributed by atoms with Crippen molar-refractivity contribution in [3.05, 3.63) is 0 Å². The third-order valence-electron chi connectivity index (χ3n) is 0. The van der Waals surface area contributed by atoms with Crippen LogP contribution in [0.5, 0.6) is 0 Å². The normalized spacial score (nSPS) is 0. The Kier molecular flexibility index (Phi) is 1240. The van der Waals surface area contributed by atoms with Crippen LogP contribution in [-0.4, -0.2) is 81.0 Å². The molecule has 0 aliphatic rings. The SMILES string of the molecule is O.O.O.O.[NaH].[NaH]. The van der Waals surface area contributed by atoms with Gasteiger partial charge in [0, 0.05) is 0 Å². The van der Waals surface area contributed by atoms with E-state index in [4.69, 9.17) is 0 Å². The summed E-state index contributed by atoms with van der Waals surface area (Å²) in [6, 6.07) is 0. The molecule has 0 saturated heterocycles. The van der Waals surface area contributed by atoms with Crippen molar-refractivity contribution in [2.24, 2.45) is 0 Å². The Morgan fingerprint density at radius 3 is 0.333 bits per heavy atom. The summed E-state index contributed by atoms with van der Waals surface area (Å²) in [6.45, 7) is 0. The predicted octanol–water partition coefficient (Wildman–Crippen LogP) is -4.60. The summed E-state index contributed by atoms with van der Waals surface area (Å²) >= 11 is 0. The molecule has 0 radical (unpaired) electrons. The van der Waals surface area contributed by atoms with E-state index < -0.39 is 0 Å². The zero-order valence-electron chi connectivity index (χ0n) is 2.00. The monoisotopic (exact) mass is 120 g/mol. The van der Waals surface area contributed by atoms with Crippen molar-refractivity contribution in [3.63, 3.8) is 0 Å². The molecule has 0 aliphatic carbocycles. The molecule has 8 N–H and O–H groups in total. The molecule has 0 saturated carbocycles. The summed E-state index contributed by atoms with van der Waals surface area (Å²) < 4.78 is 0. The molecule has 0 aromatic rings. The summed E-state index contributed by atoms with van der Waals surface area (Å²) in [6.07, 6.45) is 0. The topological polar surface area (TPSA) is 126 Å². The molecule has 6 heavy (non-hydrogen) atoms. The second-order valence-electron chi connectivity index (χ2n) is 0. The predicted molar refractivity (Wildman–Crippen MR) is 28.8 cm³/mol. The van der Waals surface area contributed by atoms with Gasteiger partial charge in [-0.3, -0.25) is 0 Å². The molecular weight excluding hydrogens is 110 g/mol. The zero-order valence-corrected chi connectivity index (χ0v) is 2.00. The quantitative estimate of drug-likeness (QED) is 0.285. The van der Waals surface area contributed by atoms with Crippen LogP contribution in [0.2, 0.25) is 0 Å². The first kappa shape index (κ1) is 108. The Hall–Kier alpha value is 1.84. The van der Waals surface area contributed by atoms with E-state index in [1.807, 2.05) is 0 Å². The minimum absolute atomic E-state index is 0. The first-order valence-corrected chi connectivity index (χ1v) is 0. The van der Waals surface area contributed by atoms with Crippen molar-refractivity contribution in [2.45, 2.75) is 0 Å². The molecule has 6 heteroatoms. The summed E-state index contributed by atoms with van der Waals surface area (Å²) in [7, 11) is 0. The number of hydrogen-bond donors (Lipinski definition) is 0. The second kappa shape index (κ2) is 68.9. The Morgan fingerprint density at radius 1 is 0.333 bits per heavy atom. The van der Waals surface area contributed by atoms with Crippen LogP contribution in [-0.2, 0) is 0 Å². The second-order valence-corrected chi connectivity index (χ2v) is 0. The van der Waals surface area contributed by atoms with Gasteiger partial charge in [0.25, 0.3) is 0 Å². The molecule has 0 spiro atoms. The molecule has 0 heterocycles. The Morgan fingerprint density at radius 2 is 0.333 bits per heavy atom. The first-order chi connectivity index (χ1) is 0. The standard InChI is InChI=1S/2Na.4H2O.2H/h;;4*1H2;;. The minimum atomic E-state index is 0. The van der Waals surface area contributed by atoms with Crippen molar-refractivity contribution >= 4 is 59.1 Å². The van der Waals surface area contributed by atoms with Crippen molar-refractivity contribution < 1.29 is 21.9 Å². The van der Waals surface area contributed by atoms with E-state index in [2.05, 4.69) is 0 Å². The van der Waals surface area contributed by atoms with Gasteiger partial charge >= 0.3 is 59.1 Å². The Labute approximate surface area is 80.1 Å². The molecule has 0 amide bonds. The van der Waals surface area contributed by atoms with E-state index in [0.717, 1.165) is 0 Å². The van der Waals surface area contributed by atoms with Crippen molar-refractivity contribution in [1.29, 1.82) is 0 Å². The van der Waals surface area contributed by atoms with Crippen molar-refractivity contribution in [3.8, 4) is 0 Å². The average Bonchev–Trinajstić information content (AvgIpc) is 0. The van der Waals surface area contributed by atoms with Gasteiger partial charge in [-0.2, -0.15) is 0 Å². The Bertz CT molecular complexity index is 5.51. The molecule has 0 aromatic heterocycles. The molecule has 0 unspecified atom stereocenters. The van der Waals surface area contributed by atoms with Crippen LogP contribution in [0.25, 0.3) is 0 Å². The third-order valence-corrected chi connectivity index (χ3v) is 0. The van der Waals surface area contributed by atoms with Gasteiger partial charge in [0.2, 0.25) is 0 Å². The third kappa shape index (κ3) is 40.4. The molecule has 4 nitrogen and oxygen atoms in total. The first-order valence-electron chi connectivity index (χ1n) is 0. The summed E-state index contributed by atoms with van der Waals surface area (Å²) in [5, 5.41) is 0. The Balaban J connectivity index is 0. The summed E-state index contributed by atoms with van der Waals surface area (Å²) in [5.74, 6) is 0. The molecule has 0 atom stereocenters. The zero-order chi connectivity index (χ0) is 0. The molecule has 0 rings (SSSR count). The van der Waals surface area contributed by atoms with E-state index in [1.165, 1.54) is 0 Å². The van der Waals surface area contributed by atoms with E-state index in [-0.39, 0.29) is 81.0 Å². The fourth-order valence-corrected chi connectivity index (χ4v) is 0. The van der Waals surface area contributed by atoms with Crippen LogP contribution in [0.3, 0.4) is 0 Å². The number of rotatable bonds is 0. The van der Waals surface area contributed by atoms with Crippen LogP contribution >= 0.6 is 0 Å². The van der Waals surface area contributed by atoms with Gasteiger partial charge in [-0.15, -0.1) is 0 Å². The van der Waals surface area contributed by atoms with Gasteiger partial charge in [0.15, 0.2) is 0 Å². The fraction of sp³-hybridized carbons (Fsp3) is 0. The summed E-state index contributed by atoms with van der Waals surface area (Å²) in [4.78, 5) is 0. The van der Waals surface area contributed by atoms with Gasteiger partial charge in [-0.05, 0) is 0 Å². The number of hydrogen-bond acceptors (Lipinski definition) is 0. The van der Waals surface area contributed by atoms with Gasteiger partial charge in [-0.25, -0.2) is 0 Å². The van der Waals surface area contributed by atoms with E-state index in [9.17, 15) is 0 Å². The van der Waals surface area contributed by atoms with Crippen molar-refractivity contribution in [2.75, 3.05) is 0 Å². The molecule has 36 valence electrons. The fourth-order valence-electron chi connectivity index (χ4n) is 0. The molecule has 0 bridgehead atoms. The van der Waals surface area contributed by atoms with Crippen LogP contribution in [0.15, 0.2) is 0 Å². The molecule has 0 aromatic carbocycles. The maximum absolute atomic E-state index is 0. The van der Waals surface area contributed by atoms with E-state index >= 15 is 0 Å². The molecular formula is H10Na2O4. The van der Waals surface area contributed by atoms with Gasteiger partial charge in [0.1, 0.15) is 0 Å². The average molecular weight is 120 g/mol. The van der Waals surface area contributed by atoms with E-state index in [1.54, 1.807) is 0 Å². The van der Waals surface area contributed by atoms with Crippen LogP contribution in [0.4, 0.5) is 0 Å². The van der Waals surface area contributed by atoms with Crippen molar-refractivity contribution in [1.82, 2.24) is 0 Å². The maximum atomic E-state index is 0. The van der Waals surface area contributed by atoms with Crippen LogP contribution in [0, 0.1) is 0 Å². The molecule has 0 fully saturated rings. The van der Waals surface area contributed by atoms with Crippen LogP contribution in [0.1, 0.15) is 0 Å². The van der Waals surface area contributed by atoms with Crippen LogP contribution < -0.4 is 0 Å². The van der Waals surface area contributed by atoms with Gasteiger partial charge in [-0.1, -0.05) is 0 Å².